The first kappa shape index (κ1) is 20.7. The Morgan fingerprint density at radius 3 is 2.48 bits per heavy atom. The molecule has 5 nitrogen and oxygen atoms in total. The molecule has 1 aromatic carbocycles. The quantitative estimate of drug-likeness (QED) is 0.269. The van der Waals surface area contributed by atoms with Crippen LogP contribution in [0.25, 0.3) is 0 Å². The predicted octanol–water partition coefficient (Wildman–Crippen LogP) is 3.81. The van der Waals surface area contributed by atoms with Gasteiger partial charge in [0.15, 0.2) is 0 Å². The number of benzene rings is 1. The molecule has 0 bridgehead atoms. The van der Waals surface area contributed by atoms with Crippen molar-refractivity contribution in [1.29, 1.82) is 0 Å². The van der Waals surface area contributed by atoms with Crippen LogP contribution in [-0.2, 0) is 25.5 Å². The molecule has 1 aromatic rings. The average molecular weight is 347 g/mol. The van der Waals surface area contributed by atoms with E-state index in [2.05, 4.69) is 6.58 Å². The van der Waals surface area contributed by atoms with Gasteiger partial charge in [-0.05, 0) is 37.5 Å². The molecule has 5 heteroatoms. The van der Waals surface area contributed by atoms with Crippen molar-refractivity contribution in [1.82, 2.24) is 0 Å². The number of esters is 2. The maximum Gasteiger partial charge on any atom is 0.333 e. The first-order valence-electron chi connectivity index (χ1n) is 8.81. The van der Waals surface area contributed by atoms with Crippen LogP contribution >= 0.6 is 0 Å². The van der Waals surface area contributed by atoms with Gasteiger partial charge in [-0.15, -0.1) is 0 Å². The number of hydrogen-bond donors (Lipinski definition) is 1. The molecule has 0 aromatic heterocycles. The molecule has 25 heavy (non-hydrogen) atoms. The molecule has 1 rings (SSSR count). The lowest BCUT2D eigenvalue weighted by molar-refractivity contribution is -0.143. The minimum absolute atomic E-state index is 0.153. The second kappa shape index (κ2) is 12.1. The predicted molar refractivity (Wildman–Crippen MR) is 99.0 cm³/mol. The van der Waals surface area contributed by atoms with Gasteiger partial charge < -0.3 is 15.2 Å². The monoisotopic (exact) mass is 347 g/mol. The van der Waals surface area contributed by atoms with E-state index in [1.165, 1.54) is 0 Å². The van der Waals surface area contributed by atoms with Gasteiger partial charge in [0.05, 0.1) is 13.2 Å². The molecular weight excluding hydrogens is 318 g/mol. The highest BCUT2D eigenvalue weighted by molar-refractivity contribution is 5.86. The normalized spacial score (nSPS) is 10.3. The van der Waals surface area contributed by atoms with Crippen LogP contribution in [0.2, 0.25) is 0 Å². The second-order valence-electron chi connectivity index (χ2n) is 6.15. The Hall–Kier alpha value is -2.30. The fraction of sp³-hybridized carbons (Fsp3) is 0.500. The molecule has 0 spiro atoms. The van der Waals surface area contributed by atoms with Crippen molar-refractivity contribution in [3.8, 4) is 0 Å². The standard InChI is InChI=1S/C20H29NO4/c1-16(2)20(23)25-13-7-5-3-4-6-11-19(22)24-14-12-17-9-8-10-18(21)15-17/h8-10,15H,1,3-7,11-14,21H2,2H3. The Kier molecular flexibility index (Phi) is 10.1. The zero-order valence-corrected chi connectivity index (χ0v) is 15.1. The van der Waals surface area contributed by atoms with Gasteiger partial charge in [0.2, 0.25) is 0 Å². The first-order chi connectivity index (χ1) is 12.0. The first-order valence-corrected chi connectivity index (χ1v) is 8.81. The summed E-state index contributed by atoms with van der Waals surface area (Å²) in [6.07, 6.45) is 5.75. The van der Waals surface area contributed by atoms with Crippen molar-refractivity contribution in [2.45, 2.75) is 51.9 Å². The molecule has 0 aliphatic heterocycles. The van der Waals surface area contributed by atoms with Crippen LogP contribution in [0.4, 0.5) is 5.69 Å². The lowest BCUT2D eigenvalue weighted by Crippen LogP contribution is -2.07. The Morgan fingerprint density at radius 1 is 1.04 bits per heavy atom. The van der Waals surface area contributed by atoms with Crippen molar-refractivity contribution in [3.63, 3.8) is 0 Å². The minimum Gasteiger partial charge on any atom is -0.465 e. The Balaban J connectivity index is 1.95. The fourth-order valence-electron chi connectivity index (χ4n) is 2.29. The van der Waals surface area contributed by atoms with E-state index in [1.54, 1.807) is 6.92 Å². The minimum atomic E-state index is -0.332. The molecule has 0 aliphatic carbocycles. The van der Waals surface area contributed by atoms with Crippen LogP contribution in [0.1, 0.15) is 51.0 Å². The third-order valence-corrected chi connectivity index (χ3v) is 3.71. The van der Waals surface area contributed by atoms with Gasteiger partial charge in [-0.2, -0.15) is 0 Å². The summed E-state index contributed by atoms with van der Waals surface area (Å²) < 4.78 is 10.3. The van der Waals surface area contributed by atoms with Gasteiger partial charge in [-0.3, -0.25) is 4.79 Å². The molecule has 138 valence electrons. The van der Waals surface area contributed by atoms with Crippen LogP contribution < -0.4 is 5.73 Å². The highest BCUT2D eigenvalue weighted by Crippen LogP contribution is 2.09. The molecule has 0 atom stereocenters. The van der Waals surface area contributed by atoms with Crippen LogP contribution in [-0.4, -0.2) is 25.2 Å². The lowest BCUT2D eigenvalue weighted by atomic mass is 10.1. The highest BCUT2D eigenvalue weighted by Gasteiger charge is 2.04. The SMILES string of the molecule is C=C(C)C(=O)OCCCCCCCC(=O)OCCc1cccc(N)c1. The van der Waals surface area contributed by atoms with E-state index in [4.69, 9.17) is 15.2 Å². The maximum absolute atomic E-state index is 11.7. The smallest absolute Gasteiger partial charge is 0.333 e. The number of rotatable bonds is 12. The van der Waals surface area contributed by atoms with Crippen LogP contribution in [0, 0.1) is 0 Å². The Labute approximate surface area is 150 Å². The van der Waals surface area contributed by atoms with Gasteiger partial charge in [0.25, 0.3) is 0 Å². The van der Waals surface area contributed by atoms with Gasteiger partial charge in [0, 0.05) is 24.1 Å². The number of unbranched alkanes of at least 4 members (excludes halogenated alkanes) is 4. The Bertz CT molecular complexity index is 569. The summed E-state index contributed by atoms with van der Waals surface area (Å²) in [7, 11) is 0. The van der Waals surface area contributed by atoms with Gasteiger partial charge in [-0.1, -0.05) is 38.0 Å². The summed E-state index contributed by atoms with van der Waals surface area (Å²) in [5.74, 6) is -0.486. The fourth-order valence-corrected chi connectivity index (χ4v) is 2.29. The number of anilines is 1. The summed E-state index contributed by atoms with van der Waals surface area (Å²) in [6.45, 7) is 5.98. The van der Waals surface area contributed by atoms with Crippen molar-refractivity contribution < 1.29 is 19.1 Å². The van der Waals surface area contributed by atoms with Gasteiger partial charge in [0.1, 0.15) is 0 Å². The van der Waals surface area contributed by atoms with E-state index in [-0.39, 0.29) is 11.9 Å². The van der Waals surface area contributed by atoms with Crippen LogP contribution in [0.5, 0.6) is 0 Å². The van der Waals surface area contributed by atoms with Crippen molar-refractivity contribution >= 4 is 17.6 Å². The van der Waals surface area contributed by atoms with Crippen molar-refractivity contribution in [2.24, 2.45) is 0 Å². The van der Waals surface area contributed by atoms with E-state index in [0.717, 1.165) is 43.4 Å². The third-order valence-electron chi connectivity index (χ3n) is 3.71. The molecule has 0 saturated carbocycles. The van der Waals surface area contributed by atoms with E-state index >= 15 is 0 Å². The number of hydrogen-bond acceptors (Lipinski definition) is 5. The number of nitrogen functional groups attached to an aromatic ring is 1. The molecule has 0 heterocycles. The van der Waals surface area contributed by atoms with E-state index in [0.29, 0.717) is 31.6 Å². The molecule has 0 unspecified atom stereocenters. The molecule has 0 aliphatic rings. The maximum atomic E-state index is 11.7. The largest absolute Gasteiger partial charge is 0.465 e. The highest BCUT2D eigenvalue weighted by atomic mass is 16.5. The number of carbonyl (C=O) groups excluding carboxylic acids is 2. The van der Waals surface area contributed by atoms with E-state index < -0.39 is 0 Å². The Morgan fingerprint density at radius 2 is 1.76 bits per heavy atom. The van der Waals surface area contributed by atoms with Crippen molar-refractivity contribution in [3.05, 3.63) is 42.0 Å². The zero-order valence-electron chi connectivity index (χ0n) is 15.1. The van der Waals surface area contributed by atoms with Crippen LogP contribution in [0.3, 0.4) is 0 Å². The average Bonchev–Trinajstić information content (AvgIpc) is 2.57. The van der Waals surface area contributed by atoms with E-state index in [9.17, 15) is 9.59 Å². The number of carbonyl (C=O) groups is 2. The topological polar surface area (TPSA) is 78.6 Å². The summed E-state index contributed by atoms with van der Waals surface area (Å²) >= 11 is 0. The summed E-state index contributed by atoms with van der Waals surface area (Å²) in [5, 5.41) is 0. The third kappa shape index (κ3) is 10.2. The molecular formula is C20H29NO4. The molecule has 0 saturated heterocycles. The van der Waals surface area contributed by atoms with Gasteiger partial charge >= 0.3 is 11.9 Å². The number of ether oxygens (including phenoxy) is 2. The lowest BCUT2D eigenvalue weighted by Gasteiger charge is -2.06. The molecule has 0 radical (unpaired) electrons. The zero-order chi connectivity index (χ0) is 18.5. The van der Waals surface area contributed by atoms with E-state index in [1.807, 2.05) is 24.3 Å². The summed E-state index contributed by atoms with van der Waals surface area (Å²) in [6, 6.07) is 7.59. The number of nitrogens with two attached hydrogens (primary N) is 1. The molecule has 2 N–H and O–H groups in total. The second-order valence-corrected chi connectivity index (χ2v) is 6.15. The summed E-state index contributed by atoms with van der Waals surface area (Å²) in [4.78, 5) is 22.8. The molecule has 0 amide bonds. The van der Waals surface area contributed by atoms with Crippen molar-refractivity contribution in [2.75, 3.05) is 18.9 Å². The molecule has 0 fully saturated rings. The summed E-state index contributed by atoms with van der Waals surface area (Å²) in [5.41, 5.74) is 7.92. The van der Waals surface area contributed by atoms with Gasteiger partial charge in [-0.25, -0.2) is 4.79 Å². The van der Waals surface area contributed by atoms with Crippen LogP contribution in [0.15, 0.2) is 36.4 Å².